The van der Waals surface area contributed by atoms with Gasteiger partial charge < -0.3 is 24.2 Å². The third-order valence-corrected chi connectivity index (χ3v) is 8.02. The quantitative estimate of drug-likeness (QED) is 0.273. The zero-order valence-electron chi connectivity index (χ0n) is 21.4. The molecule has 0 saturated carbocycles. The molecule has 1 aromatic carbocycles. The maximum Gasteiger partial charge on any atom is 0.380 e. The molecule has 0 amide bonds. The Morgan fingerprint density at radius 1 is 1.21 bits per heavy atom. The van der Waals surface area contributed by atoms with Crippen LogP contribution in [0, 0.1) is 5.92 Å². The molecule has 1 saturated heterocycles. The van der Waals surface area contributed by atoms with E-state index in [2.05, 4.69) is 0 Å². The molecule has 2 heterocycles. The monoisotopic (exact) mass is 558 g/mol. The van der Waals surface area contributed by atoms with E-state index in [1.165, 1.54) is 26.0 Å². The van der Waals surface area contributed by atoms with E-state index in [4.69, 9.17) is 18.5 Å². The lowest BCUT2D eigenvalue weighted by Gasteiger charge is -2.30. The molecule has 7 atom stereocenters. The Morgan fingerprint density at radius 2 is 1.87 bits per heavy atom. The second-order valence-corrected chi connectivity index (χ2v) is 11.4. The minimum absolute atomic E-state index is 0.179. The molecule has 0 bridgehead atoms. The summed E-state index contributed by atoms with van der Waals surface area (Å²) in [6.45, 7) is 4.64. The van der Waals surface area contributed by atoms with E-state index in [9.17, 15) is 33.6 Å². The zero-order valence-corrected chi connectivity index (χ0v) is 22.2. The first-order valence-corrected chi connectivity index (χ1v) is 13.7. The van der Waals surface area contributed by atoms with Gasteiger partial charge in [0, 0.05) is 12.3 Å². The van der Waals surface area contributed by atoms with Crippen LogP contribution in [-0.2, 0) is 23.4 Å². The zero-order chi connectivity index (χ0) is 28.3. The van der Waals surface area contributed by atoms with Crippen LogP contribution in [0.5, 0.6) is 5.75 Å². The van der Waals surface area contributed by atoms with Crippen LogP contribution in [0.2, 0.25) is 0 Å². The van der Waals surface area contributed by atoms with Crippen LogP contribution in [0.4, 0.5) is 4.39 Å². The number of nitrogens with zero attached hydrogens (tertiary/aromatic N) is 1. The minimum atomic E-state index is -4.17. The van der Waals surface area contributed by atoms with E-state index in [-0.39, 0.29) is 5.75 Å². The van der Waals surface area contributed by atoms with Crippen LogP contribution in [0.3, 0.4) is 0 Å². The van der Waals surface area contributed by atoms with Crippen molar-refractivity contribution in [2.24, 2.45) is 5.92 Å². The number of hydrogen-bond acceptors (Lipinski definition) is 10. The molecule has 14 heteroatoms. The van der Waals surface area contributed by atoms with Gasteiger partial charge in [-0.3, -0.25) is 23.7 Å². The van der Waals surface area contributed by atoms with Crippen molar-refractivity contribution in [3.05, 3.63) is 63.4 Å². The van der Waals surface area contributed by atoms with E-state index in [0.29, 0.717) is 0 Å². The number of H-pyrrole nitrogens is 1. The molecule has 12 nitrogen and oxygen atoms in total. The molecule has 0 aliphatic carbocycles. The Balaban J connectivity index is 1.89. The highest BCUT2D eigenvalue weighted by molar-refractivity contribution is 7.54. The number of carbonyl (C=O) groups excluding carboxylic acids is 1. The number of aromatic nitrogens is 2. The molecular formula is C24H32FN2O10P. The summed E-state index contributed by atoms with van der Waals surface area (Å²) in [6.07, 6.45) is -6.32. The number of para-hydroxylation sites is 1. The van der Waals surface area contributed by atoms with Crippen molar-refractivity contribution in [2.75, 3.05) is 12.8 Å². The fourth-order valence-corrected chi connectivity index (χ4v) is 6.11. The van der Waals surface area contributed by atoms with Gasteiger partial charge in [0.1, 0.15) is 24.6 Å². The van der Waals surface area contributed by atoms with E-state index in [0.717, 1.165) is 16.8 Å². The van der Waals surface area contributed by atoms with Crippen LogP contribution >= 0.6 is 7.60 Å². The molecule has 1 unspecified atom stereocenters. The third-order valence-electron chi connectivity index (χ3n) is 5.88. The predicted octanol–water partition coefficient (Wildman–Crippen LogP) is 1.76. The predicted molar refractivity (Wildman–Crippen MR) is 133 cm³/mol. The molecule has 1 aromatic heterocycles. The van der Waals surface area contributed by atoms with Crippen molar-refractivity contribution < 1.29 is 42.5 Å². The van der Waals surface area contributed by atoms with Crippen LogP contribution in [0.15, 0.2) is 52.2 Å². The smallest absolute Gasteiger partial charge is 0.380 e. The first-order valence-electron chi connectivity index (χ1n) is 12.0. The van der Waals surface area contributed by atoms with Gasteiger partial charge in [0.2, 0.25) is 0 Å². The molecule has 1 aliphatic heterocycles. The summed E-state index contributed by atoms with van der Waals surface area (Å²) in [6, 6.07) is 9.00. The van der Waals surface area contributed by atoms with Crippen molar-refractivity contribution in [2.45, 2.75) is 63.9 Å². The van der Waals surface area contributed by atoms with E-state index < -0.39 is 79.8 Å². The first-order chi connectivity index (χ1) is 17.8. The molecule has 1 aliphatic rings. The summed E-state index contributed by atoms with van der Waals surface area (Å²) in [5, 5.41) is 21.7. The van der Waals surface area contributed by atoms with Crippen molar-refractivity contribution in [3.63, 3.8) is 0 Å². The fourth-order valence-electron chi connectivity index (χ4n) is 4.02. The van der Waals surface area contributed by atoms with Crippen LogP contribution in [0.25, 0.3) is 0 Å². The number of aliphatic hydroxyl groups is 2. The fraction of sp³-hybridized carbons (Fsp3) is 0.542. The van der Waals surface area contributed by atoms with Gasteiger partial charge in [-0.25, -0.2) is 13.8 Å². The second kappa shape index (κ2) is 11.9. The average Bonchev–Trinajstić information content (AvgIpc) is 3.10. The number of aliphatic hydroxyl groups excluding tert-OH is 1. The summed E-state index contributed by atoms with van der Waals surface area (Å²) < 4.78 is 51.0. The number of benzene rings is 1. The SMILES string of the molecule is CC(C)OC(=O)[C@H](C)C[P@@](=O)(Oc1ccccc1)O[C@H](C)[C@H]1O[C@@H](n2ccc(=O)[nH]c2=O)C(O)(CF)[C@H]1O. The number of hydrogen-bond donors (Lipinski definition) is 3. The molecular weight excluding hydrogens is 526 g/mol. The highest BCUT2D eigenvalue weighted by atomic mass is 31.2. The van der Waals surface area contributed by atoms with Gasteiger partial charge >= 0.3 is 19.3 Å². The number of esters is 1. The van der Waals surface area contributed by atoms with Crippen LogP contribution < -0.4 is 15.8 Å². The van der Waals surface area contributed by atoms with Gasteiger partial charge in [0.25, 0.3) is 5.56 Å². The van der Waals surface area contributed by atoms with Crippen molar-refractivity contribution in [1.82, 2.24) is 9.55 Å². The van der Waals surface area contributed by atoms with Gasteiger partial charge in [-0.05, 0) is 32.9 Å². The number of carbonyl (C=O) groups is 1. The lowest BCUT2D eigenvalue weighted by Crippen LogP contribution is -2.51. The number of halogens is 1. The molecule has 2 aromatic rings. The molecule has 0 spiro atoms. The standard InChI is InChI=1S/C24H32FN2O10P/c1-14(2)34-21(30)15(3)12-38(33,37-17-8-6-5-7-9-17)36-16(4)19-20(29)24(32,13-25)22(35-19)27-11-10-18(28)26-23(27)31/h5-11,14-16,19-20,22,29,32H,12-13H2,1-4H3,(H,26,28,31)/t15-,16-,19-,20+,22-,24?,38+/m1/s1. The maximum atomic E-state index is 14.1. The molecule has 210 valence electrons. The van der Waals surface area contributed by atoms with E-state index >= 15 is 0 Å². The van der Waals surface area contributed by atoms with Gasteiger partial charge in [0.15, 0.2) is 11.8 Å². The maximum absolute atomic E-state index is 14.1. The summed E-state index contributed by atoms with van der Waals surface area (Å²) in [5.74, 6) is -1.36. The highest BCUT2D eigenvalue weighted by Crippen LogP contribution is 2.53. The third kappa shape index (κ3) is 6.59. The summed E-state index contributed by atoms with van der Waals surface area (Å²) in [4.78, 5) is 38.1. The molecule has 1 fully saturated rings. The van der Waals surface area contributed by atoms with Crippen LogP contribution in [-0.4, -0.2) is 68.6 Å². The Labute approximate surface area is 217 Å². The molecule has 3 rings (SSSR count). The Hall–Kier alpha value is -2.83. The lowest BCUT2D eigenvalue weighted by molar-refractivity contribution is -0.151. The lowest BCUT2D eigenvalue weighted by atomic mass is 9.93. The Morgan fingerprint density at radius 3 is 2.45 bits per heavy atom. The summed E-state index contributed by atoms with van der Waals surface area (Å²) in [7, 11) is -4.17. The van der Waals surface area contributed by atoms with Gasteiger partial charge in [-0.15, -0.1) is 0 Å². The molecule has 0 radical (unpaired) electrons. The largest absolute Gasteiger partial charge is 0.463 e. The van der Waals surface area contributed by atoms with Crippen LogP contribution in [0.1, 0.15) is 33.9 Å². The number of ether oxygens (including phenoxy) is 2. The topological polar surface area (TPSA) is 166 Å². The first kappa shape index (κ1) is 29.7. The Kier molecular flexibility index (Phi) is 9.32. The number of rotatable bonds is 11. The van der Waals surface area contributed by atoms with E-state index in [1.54, 1.807) is 32.0 Å². The van der Waals surface area contributed by atoms with Crippen molar-refractivity contribution in [3.8, 4) is 5.75 Å². The van der Waals surface area contributed by atoms with Gasteiger partial charge in [0.05, 0.1) is 24.3 Å². The van der Waals surface area contributed by atoms with E-state index in [1.807, 2.05) is 4.98 Å². The number of nitrogens with one attached hydrogen (secondary N) is 1. The summed E-state index contributed by atoms with van der Waals surface area (Å²) >= 11 is 0. The number of aromatic amines is 1. The molecule has 38 heavy (non-hydrogen) atoms. The second-order valence-electron chi connectivity index (χ2n) is 9.44. The van der Waals surface area contributed by atoms with Gasteiger partial charge in [-0.2, -0.15) is 0 Å². The average molecular weight is 558 g/mol. The van der Waals surface area contributed by atoms with Gasteiger partial charge in [-0.1, -0.05) is 25.1 Å². The van der Waals surface area contributed by atoms with Crippen molar-refractivity contribution >= 4 is 13.6 Å². The normalized spacial score (nSPS) is 26.5. The van der Waals surface area contributed by atoms with Crippen molar-refractivity contribution in [1.29, 1.82) is 0 Å². The summed E-state index contributed by atoms with van der Waals surface area (Å²) in [5.41, 5.74) is -4.35. The number of alkyl halides is 1. The highest BCUT2D eigenvalue weighted by Gasteiger charge is 2.59. The Bertz CT molecular complexity index is 1270. The minimum Gasteiger partial charge on any atom is -0.463 e. The molecule has 3 N–H and O–H groups in total.